The first kappa shape index (κ1) is 9.01. The minimum atomic E-state index is -0.260. The number of rotatable bonds is 0. The van der Waals surface area contributed by atoms with Crippen molar-refractivity contribution in [1.29, 1.82) is 0 Å². The third kappa shape index (κ3) is 2.17. The van der Waals surface area contributed by atoms with Crippen LogP contribution in [0.3, 0.4) is 0 Å². The Labute approximate surface area is 68.6 Å². The average molecular weight is 158 g/mol. The Morgan fingerprint density at radius 2 is 2.00 bits per heavy atom. The Hall–Kier alpha value is -0.0800. The standard InChI is InChI=1S/C9H18O2/c1-9(2,3)8-7(10)5-4-6-11-8/h7-8,10H,4-6H2,1-3H3. The maximum atomic E-state index is 9.58. The summed E-state index contributed by atoms with van der Waals surface area (Å²) < 4.78 is 5.50. The highest BCUT2D eigenvalue weighted by molar-refractivity contribution is 4.83. The van der Waals surface area contributed by atoms with E-state index in [-0.39, 0.29) is 17.6 Å². The lowest BCUT2D eigenvalue weighted by molar-refractivity contribution is -0.121. The highest BCUT2D eigenvalue weighted by Crippen LogP contribution is 2.29. The number of hydrogen-bond donors (Lipinski definition) is 1. The molecule has 0 aliphatic carbocycles. The van der Waals surface area contributed by atoms with Crippen molar-refractivity contribution in [2.24, 2.45) is 5.41 Å². The van der Waals surface area contributed by atoms with Gasteiger partial charge in [-0.2, -0.15) is 0 Å². The molecule has 0 spiro atoms. The van der Waals surface area contributed by atoms with E-state index < -0.39 is 0 Å². The summed E-state index contributed by atoms with van der Waals surface area (Å²) in [5.41, 5.74) is 0.0693. The number of ether oxygens (including phenoxy) is 1. The van der Waals surface area contributed by atoms with Gasteiger partial charge >= 0.3 is 0 Å². The SMILES string of the molecule is CC(C)(C)C1OCCCC1O. The topological polar surface area (TPSA) is 29.5 Å². The summed E-state index contributed by atoms with van der Waals surface area (Å²) in [6.45, 7) is 7.11. The molecule has 1 saturated heterocycles. The van der Waals surface area contributed by atoms with Gasteiger partial charge in [0.1, 0.15) is 0 Å². The molecule has 66 valence electrons. The lowest BCUT2D eigenvalue weighted by Crippen LogP contribution is -2.43. The molecule has 1 aliphatic rings. The Kier molecular flexibility index (Phi) is 2.55. The van der Waals surface area contributed by atoms with E-state index in [4.69, 9.17) is 4.74 Å². The van der Waals surface area contributed by atoms with Gasteiger partial charge in [0, 0.05) is 6.61 Å². The fourth-order valence-electron chi connectivity index (χ4n) is 1.59. The van der Waals surface area contributed by atoms with Gasteiger partial charge in [0.05, 0.1) is 12.2 Å². The van der Waals surface area contributed by atoms with E-state index in [0.717, 1.165) is 19.4 Å². The van der Waals surface area contributed by atoms with Gasteiger partial charge in [-0.05, 0) is 18.3 Å². The van der Waals surface area contributed by atoms with E-state index in [1.165, 1.54) is 0 Å². The molecule has 11 heavy (non-hydrogen) atoms. The lowest BCUT2D eigenvalue weighted by atomic mass is 9.83. The van der Waals surface area contributed by atoms with Crippen molar-refractivity contribution < 1.29 is 9.84 Å². The molecular weight excluding hydrogens is 140 g/mol. The molecule has 1 N–H and O–H groups in total. The van der Waals surface area contributed by atoms with Gasteiger partial charge in [0.2, 0.25) is 0 Å². The molecule has 0 aromatic heterocycles. The second-order valence-electron chi connectivity index (χ2n) is 4.37. The molecule has 1 heterocycles. The van der Waals surface area contributed by atoms with E-state index in [1.807, 2.05) is 0 Å². The molecule has 2 unspecified atom stereocenters. The lowest BCUT2D eigenvalue weighted by Gasteiger charge is -2.37. The Balaban J connectivity index is 2.55. The number of hydrogen-bond acceptors (Lipinski definition) is 2. The van der Waals surface area contributed by atoms with Crippen molar-refractivity contribution in [2.45, 2.75) is 45.8 Å². The zero-order chi connectivity index (χ0) is 8.48. The first-order valence-corrected chi connectivity index (χ1v) is 4.31. The first-order chi connectivity index (χ1) is 5.02. The average Bonchev–Trinajstić information content (AvgIpc) is 1.86. The molecule has 0 amide bonds. The van der Waals surface area contributed by atoms with Crippen LogP contribution in [0, 0.1) is 5.41 Å². The molecule has 0 aromatic carbocycles. The Morgan fingerprint density at radius 3 is 2.36 bits per heavy atom. The third-order valence-corrected chi connectivity index (χ3v) is 2.14. The van der Waals surface area contributed by atoms with E-state index in [2.05, 4.69) is 20.8 Å². The number of aliphatic hydroxyl groups excluding tert-OH is 1. The smallest absolute Gasteiger partial charge is 0.0881 e. The van der Waals surface area contributed by atoms with Crippen LogP contribution in [0.15, 0.2) is 0 Å². The normalized spacial score (nSPS) is 33.8. The summed E-state index contributed by atoms with van der Waals surface area (Å²) in [4.78, 5) is 0. The molecule has 0 aromatic rings. The summed E-state index contributed by atoms with van der Waals surface area (Å²) in [5.74, 6) is 0. The van der Waals surface area contributed by atoms with Gasteiger partial charge in [-0.15, -0.1) is 0 Å². The van der Waals surface area contributed by atoms with Crippen LogP contribution in [-0.2, 0) is 4.74 Å². The Bertz CT molecular complexity index is 126. The Morgan fingerprint density at radius 1 is 1.36 bits per heavy atom. The van der Waals surface area contributed by atoms with Gasteiger partial charge in [-0.3, -0.25) is 0 Å². The molecule has 1 fully saturated rings. The predicted octanol–water partition coefficient (Wildman–Crippen LogP) is 1.57. The van der Waals surface area contributed by atoms with E-state index >= 15 is 0 Å². The van der Waals surface area contributed by atoms with E-state index in [9.17, 15) is 5.11 Å². The second-order valence-corrected chi connectivity index (χ2v) is 4.37. The predicted molar refractivity (Wildman–Crippen MR) is 44.4 cm³/mol. The van der Waals surface area contributed by atoms with Gasteiger partial charge in [0.25, 0.3) is 0 Å². The van der Waals surface area contributed by atoms with Crippen LogP contribution < -0.4 is 0 Å². The van der Waals surface area contributed by atoms with Crippen molar-refractivity contribution in [1.82, 2.24) is 0 Å². The summed E-state index contributed by atoms with van der Waals surface area (Å²) in [6, 6.07) is 0. The summed E-state index contributed by atoms with van der Waals surface area (Å²) in [6.07, 6.45) is 1.65. The summed E-state index contributed by atoms with van der Waals surface area (Å²) in [5, 5.41) is 9.58. The molecule has 0 radical (unpaired) electrons. The van der Waals surface area contributed by atoms with Crippen molar-refractivity contribution in [3.63, 3.8) is 0 Å². The van der Waals surface area contributed by atoms with Crippen LogP contribution in [0.25, 0.3) is 0 Å². The van der Waals surface area contributed by atoms with Crippen LogP contribution in [0.1, 0.15) is 33.6 Å². The monoisotopic (exact) mass is 158 g/mol. The van der Waals surface area contributed by atoms with E-state index in [1.54, 1.807) is 0 Å². The minimum Gasteiger partial charge on any atom is -0.390 e. The molecule has 0 saturated carbocycles. The zero-order valence-corrected chi connectivity index (χ0v) is 7.63. The van der Waals surface area contributed by atoms with Crippen LogP contribution in [0.2, 0.25) is 0 Å². The maximum Gasteiger partial charge on any atom is 0.0881 e. The minimum absolute atomic E-state index is 0.0243. The van der Waals surface area contributed by atoms with Gasteiger partial charge in [-0.1, -0.05) is 20.8 Å². The largest absolute Gasteiger partial charge is 0.390 e. The molecule has 1 aliphatic heterocycles. The van der Waals surface area contributed by atoms with Crippen LogP contribution >= 0.6 is 0 Å². The van der Waals surface area contributed by atoms with Gasteiger partial charge in [0.15, 0.2) is 0 Å². The fourth-order valence-corrected chi connectivity index (χ4v) is 1.59. The van der Waals surface area contributed by atoms with E-state index in [0.29, 0.717) is 0 Å². The molecule has 0 bridgehead atoms. The molecular formula is C9H18O2. The molecule has 2 atom stereocenters. The fraction of sp³-hybridized carbons (Fsp3) is 1.00. The van der Waals surface area contributed by atoms with Crippen LogP contribution in [-0.4, -0.2) is 23.9 Å². The molecule has 1 rings (SSSR count). The highest BCUT2D eigenvalue weighted by Gasteiger charge is 2.33. The van der Waals surface area contributed by atoms with Crippen LogP contribution in [0.5, 0.6) is 0 Å². The third-order valence-electron chi connectivity index (χ3n) is 2.14. The molecule has 2 nitrogen and oxygen atoms in total. The van der Waals surface area contributed by atoms with Gasteiger partial charge < -0.3 is 9.84 Å². The highest BCUT2D eigenvalue weighted by atomic mass is 16.5. The van der Waals surface area contributed by atoms with Crippen LogP contribution in [0.4, 0.5) is 0 Å². The summed E-state index contributed by atoms with van der Waals surface area (Å²) in [7, 11) is 0. The first-order valence-electron chi connectivity index (χ1n) is 4.31. The van der Waals surface area contributed by atoms with Crippen molar-refractivity contribution in [3.05, 3.63) is 0 Å². The van der Waals surface area contributed by atoms with Crippen molar-refractivity contribution in [2.75, 3.05) is 6.61 Å². The quantitative estimate of drug-likeness (QED) is 0.580. The summed E-state index contributed by atoms with van der Waals surface area (Å²) >= 11 is 0. The zero-order valence-electron chi connectivity index (χ0n) is 7.63. The maximum absolute atomic E-state index is 9.58. The van der Waals surface area contributed by atoms with Crippen molar-refractivity contribution >= 4 is 0 Å². The molecule has 2 heteroatoms. The van der Waals surface area contributed by atoms with Crippen molar-refractivity contribution in [3.8, 4) is 0 Å². The van der Waals surface area contributed by atoms with Gasteiger partial charge in [-0.25, -0.2) is 0 Å². The second kappa shape index (κ2) is 3.11. The number of aliphatic hydroxyl groups is 1.